The number of pyridine rings is 1. The molecule has 0 aliphatic heterocycles. The molecule has 2 heterocycles. The molecule has 0 aliphatic carbocycles. The van der Waals surface area contributed by atoms with Crippen LogP contribution in [0, 0.1) is 0 Å². The van der Waals surface area contributed by atoms with Crippen molar-refractivity contribution < 1.29 is 5.11 Å². The molecule has 0 bridgehead atoms. The highest BCUT2D eigenvalue weighted by Gasteiger charge is 2.20. The van der Waals surface area contributed by atoms with Crippen LogP contribution < -0.4 is 0 Å². The number of hydrogen-bond acceptors (Lipinski definition) is 3. The molecule has 2 rings (SSSR count). The van der Waals surface area contributed by atoms with Crippen molar-refractivity contribution in [3.8, 4) is 0 Å². The number of fused-ring (bicyclic) bond motifs is 1. The summed E-state index contributed by atoms with van der Waals surface area (Å²) in [6.07, 6.45) is 1.96. The molecule has 0 saturated heterocycles. The Morgan fingerprint density at radius 2 is 2.16 bits per heavy atom. The summed E-state index contributed by atoms with van der Waals surface area (Å²) in [5.41, 5.74) is 1.09. The van der Waals surface area contributed by atoms with Crippen LogP contribution in [-0.2, 0) is 6.54 Å². The molecule has 0 unspecified atom stereocenters. The van der Waals surface area contributed by atoms with E-state index in [4.69, 9.17) is 11.6 Å². The fourth-order valence-electron chi connectivity index (χ4n) is 2.20. The van der Waals surface area contributed by atoms with Gasteiger partial charge in [-0.3, -0.25) is 4.90 Å². The number of likely N-dealkylation sites (N-methyl/N-ethyl adjacent to an activating group) is 1. The van der Waals surface area contributed by atoms with E-state index in [2.05, 4.69) is 16.8 Å². The number of nitrogens with zero attached hydrogens (tertiary/aromatic N) is 3. The minimum absolute atomic E-state index is 0.528. The minimum Gasteiger partial charge on any atom is -0.389 e. The first-order valence-electron chi connectivity index (χ1n) is 6.47. The van der Waals surface area contributed by atoms with Gasteiger partial charge in [-0.25, -0.2) is 4.98 Å². The summed E-state index contributed by atoms with van der Waals surface area (Å²) >= 11 is 6.22. The smallest absolute Gasteiger partial charge is 0.152 e. The van der Waals surface area contributed by atoms with Crippen LogP contribution in [0.5, 0.6) is 0 Å². The van der Waals surface area contributed by atoms with Crippen LogP contribution in [0.2, 0.25) is 5.15 Å². The van der Waals surface area contributed by atoms with E-state index in [1.54, 1.807) is 0 Å². The van der Waals surface area contributed by atoms with E-state index < -0.39 is 5.60 Å². The van der Waals surface area contributed by atoms with E-state index in [9.17, 15) is 5.11 Å². The second-order valence-corrected chi connectivity index (χ2v) is 5.75. The Labute approximate surface area is 118 Å². The van der Waals surface area contributed by atoms with E-state index in [1.165, 1.54) is 0 Å². The standard InChI is InChI=1S/C14H20ClN3O/c1-4-17(10-14(2,3)19)9-11-13(15)16-12-7-5-6-8-18(11)12/h5-8,19H,4,9-10H2,1-3H3. The minimum atomic E-state index is -0.719. The van der Waals surface area contributed by atoms with E-state index in [0.29, 0.717) is 18.2 Å². The van der Waals surface area contributed by atoms with E-state index in [-0.39, 0.29) is 0 Å². The molecular formula is C14H20ClN3O. The van der Waals surface area contributed by atoms with E-state index >= 15 is 0 Å². The zero-order valence-electron chi connectivity index (χ0n) is 11.6. The molecule has 4 nitrogen and oxygen atoms in total. The molecule has 0 spiro atoms. The van der Waals surface area contributed by atoms with Gasteiger partial charge in [0.15, 0.2) is 5.15 Å². The highest BCUT2D eigenvalue weighted by Crippen LogP contribution is 2.20. The summed E-state index contributed by atoms with van der Waals surface area (Å²) in [6, 6.07) is 5.83. The van der Waals surface area contributed by atoms with Gasteiger partial charge in [0, 0.05) is 19.3 Å². The quantitative estimate of drug-likeness (QED) is 0.916. The van der Waals surface area contributed by atoms with Gasteiger partial charge >= 0.3 is 0 Å². The molecule has 2 aromatic rings. The fourth-order valence-corrected chi connectivity index (χ4v) is 2.44. The number of aromatic nitrogens is 2. The van der Waals surface area contributed by atoms with Gasteiger partial charge in [-0.2, -0.15) is 0 Å². The molecule has 0 aromatic carbocycles. The third-order valence-electron chi connectivity index (χ3n) is 3.01. The van der Waals surface area contributed by atoms with Gasteiger partial charge in [0.2, 0.25) is 0 Å². The predicted molar refractivity (Wildman–Crippen MR) is 77.5 cm³/mol. The molecule has 0 saturated carbocycles. The number of aliphatic hydroxyl groups is 1. The van der Waals surface area contributed by atoms with Crippen LogP contribution in [0.15, 0.2) is 24.4 Å². The summed E-state index contributed by atoms with van der Waals surface area (Å²) in [4.78, 5) is 6.49. The summed E-state index contributed by atoms with van der Waals surface area (Å²) in [6.45, 7) is 7.81. The van der Waals surface area contributed by atoms with Crippen molar-refractivity contribution >= 4 is 17.2 Å². The monoisotopic (exact) mass is 281 g/mol. The number of hydrogen-bond donors (Lipinski definition) is 1. The van der Waals surface area contributed by atoms with E-state index in [1.807, 2.05) is 42.6 Å². The number of halogens is 1. The van der Waals surface area contributed by atoms with Crippen LogP contribution >= 0.6 is 11.6 Å². The lowest BCUT2D eigenvalue weighted by Crippen LogP contribution is -2.38. The second kappa shape index (κ2) is 5.49. The zero-order chi connectivity index (χ0) is 14.0. The lowest BCUT2D eigenvalue weighted by Gasteiger charge is -2.27. The second-order valence-electron chi connectivity index (χ2n) is 5.39. The summed E-state index contributed by atoms with van der Waals surface area (Å²) < 4.78 is 2.00. The Hall–Kier alpha value is -1.10. The summed E-state index contributed by atoms with van der Waals surface area (Å²) in [7, 11) is 0. The van der Waals surface area contributed by atoms with Gasteiger partial charge < -0.3 is 9.51 Å². The largest absolute Gasteiger partial charge is 0.389 e. The first-order chi connectivity index (χ1) is 8.90. The van der Waals surface area contributed by atoms with Gasteiger partial charge in [0.25, 0.3) is 0 Å². The first kappa shape index (κ1) is 14.3. The highest BCUT2D eigenvalue weighted by molar-refractivity contribution is 6.30. The number of rotatable bonds is 5. The normalized spacial score (nSPS) is 12.5. The van der Waals surface area contributed by atoms with Crippen LogP contribution in [0.25, 0.3) is 5.65 Å². The van der Waals surface area contributed by atoms with Gasteiger partial charge in [-0.05, 0) is 32.5 Å². The third kappa shape index (κ3) is 3.47. The van der Waals surface area contributed by atoms with Crippen molar-refractivity contribution in [3.05, 3.63) is 35.2 Å². The summed E-state index contributed by atoms with van der Waals surface area (Å²) in [5, 5.41) is 10.5. The van der Waals surface area contributed by atoms with Crippen LogP contribution in [0.1, 0.15) is 26.5 Å². The van der Waals surface area contributed by atoms with Gasteiger partial charge in [0.1, 0.15) is 5.65 Å². The molecule has 104 valence electrons. The highest BCUT2D eigenvalue weighted by atomic mass is 35.5. The van der Waals surface area contributed by atoms with Crippen molar-refractivity contribution in [2.24, 2.45) is 0 Å². The first-order valence-corrected chi connectivity index (χ1v) is 6.84. The predicted octanol–water partition coefficient (Wildman–Crippen LogP) is 2.58. The Morgan fingerprint density at radius 3 is 2.79 bits per heavy atom. The Kier molecular flexibility index (Phi) is 4.13. The van der Waals surface area contributed by atoms with Crippen molar-refractivity contribution in [2.75, 3.05) is 13.1 Å². The molecular weight excluding hydrogens is 262 g/mol. The Bertz CT molecular complexity index is 559. The van der Waals surface area contributed by atoms with Gasteiger partial charge in [-0.15, -0.1) is 0 Å². The average Bonchev–Trinajstić information content (AvgIpc) is 2.63. The maximum atomic E-state index is 9.93. The van der Waals surface area contributed by atoms with Gasteiger partial charge in [-0.1, -0.05) is 24.6 Å². The SMILES string of the molecule is CCN(Cc1c(Cl)nc2ccccn12)CC(C)(C)O. The average molecular weight is 282 g/mol. The Morgan fingerprint density at radius 1 is 1.42 bits per heavy atom. The number of imidazole rings is 1. The van der Waals surface area contributed by atoms with Crippen molar-refractivity contribution in [3.63, 3.8) is 0 Å². The van der Waals surface area contributed by atoms with Crippen LogP contribution in [0.3, 0.4) is 0 Å². The zero-order valence-corrected chi connectivity index (χ0v) is 12.4. The lowest BCUT2D eigenvalue weighted by molar-refractivity contribution is 0.0349. The molecule has 0 aliphatic rings. The Balaban J connectivity index is 2.26. The lowest BCUT2D eigenvalue weighted by atomic mass is 10.1. The third-order valence-corrected chi connectivity index (χ3v) is 3.31. The molecule has 19 heavy (non-hydrogen) atoms. The maximum Gasteiger partial charge on any atom is 0.152 e. The molecule has 0 atom stereocenters. The van der Waals surface area contributed by atoms with Crippen molar-refractivity contribution in [1.82, 2.24) is 14.3 Å². The van der Waals surface area contributed by atoms with Crippen molar-refractivity contribution in [2.45, 2.75) is 32.9 Å². The molecule has 0 radical (unpaired) electrons. The van der Waals surface area contributed by atoms with Gasteiger partial charge in [0.05, 0.1) is 11.3 Å². The fraction of sp³-hybridized carbons (Fsp3) is 0.500. The summed E-state index contributed by atoms with van der Waals surface area (Å²) in [5.74, 6) is 0. The molecule has 1 N–H and O–H groups in total. The topological polar surface area (TPSA) is 40.8 Å². The molecule has 0 fully saturated rings. The van der Waals surface area contributed by atoms with Crippen molar-refractivity contribution in [1.29, 1.82) is 0 Å². The van der Waals surface area contributed by atoms with E-state index in [0.717, 1.165) is 17.9 Å². The molecule has 0 amide bonds. The molecule has 5 heteroatoms. The molecule has 2 aromatic heterocycles. The van der Waals surface area contributed by atoms with Crippen LogP contribution in [-0.4, -0.2) is 38.1 Å². The maximum absolute atomic E-state index is 9.93. The van der Waals surface area contributed by atoms with Crippen LogP contribution in [0.4, 0.5) is 0 Å².